The molecule has 36 heavy (non-hydrogen) atoms. The quantitative estimate of drug-likeness (QED) is 0.251. The highest BCUT2D eigenvalue weighted by atomic mass is 16.5. The second kappa shape index (κ2) is 10.8. The Morgan fingerprint density at radius 3 is 2.50 bits per heavy atom. The molecule has 0 aliphatic heterocycles. The van der Waals surface area contributed by atoms with Gasteiger partial charge in [-0.25, -0.2) is 9.50 Å². The molecular weight excluding hydrogens is 448 g/mol. The second-order valence-corrected chi connectivity index (χ2v) is 9.06. The third kappa shape index (κ3) is 5.06. The molecule has 4 aromatic heterocycles. The van der Waals surface area contributed by atoms with Gasteiger partial charge in [-0.05, 0) is 62.7 Å². The lowest BCUT2D eigenvalue weighted by molar-refractivity contribution is 0.208. The van der Waals surface area contributed by atoms with Gasteiger partial charge in [0.05, 0.1) is 23.6 Å². The van der Waals surface area contributed by atoms with Crippen LogP contribution in [0.25, 0.3) is 38.9 Å². The van der Waals surface area contributed by atoms with Gasteiger partial charge in [0.2, 0.25) is 0 Å². The number of benzene rings is 1. The predicted octanol–water partition coefficient (Wildman–Crippen LogP) is 5.82. The Labute approximate surface area is 211 Å². The number of aryl methyl sites for hydroxylation is 1. The van der Waals surface area contributed by atoms with Gasteiger partial charge in [0.15, 0.2) is 5.65 Å². The third-order valence-corrected chi connectivity index (χ3v) is 6.31. The molecule has 4 heterocycles. The Morgan fingerprint density at radius 1 is 0.861 bits per heavy atom. The molecule has 5 rings (SSSR count). The molecule has 0 unspecified atom stereocenters. The third-order valence-electron chi connectivity index (χ3n) is 6.31. The van der Waals surface area contributed by atoms with Crippen LogP contribution in [0.2, 0.25) is 0 Å². The maximum Gasteiger partial charge on any atom is 0.162 e. The summed E-state index contributed by atoms with van der Waals surface area (Å²) >= 11 is 0. The molecule has 0 aliphatic rings. The van der Waals surface area contributed by atoms with E-state index in [4.69, 9.17) is 9.72 Å². The van der Waals surface area contributed by atoms with Crippen LogP contribution in [0, 0.1) is 6.92 Å². The van der Waals surface area contributed by atoms with E-state index in [0.29, 0.717) is 6.61 Å². The van der Waals surface area contributed by atoms with Gasteiger partial charge in [0.25, 0.3) is 0 Å². The number of nitrogens with zero attached hydrogens (tertiary/aromatic N) is 6. The molecule has 0 aliphatic carbocycles. The first-order chi connectivity index (χ1) is 17.7. The molecule has 0 amide bonds. The monoisotopic (exact) mass is 480 g/mol. The highest BCUT2D eigenvalue weighted by Crippen LogP contribution is 2.31. The lowest BCUT2D eigenvalue weighted by Crippen LogP contribution is -2.30. The van der Waals surface area contributed by atoms with Gasteiger partial charge in [-0.3, -0.25) is 14.9 Å². The zero-order valence-electron chi connectivity index (χ0n) is 21.2. The fourth-order valence-electron chi connectivity index (χ4n) is 4.59. The number of ether oxygens (including phenoxy) is 1. The second-order valence-electron chi connectivity index (χ2n) is 9.06. The van der Waals surface area contributed by atoms with E-state index < -0.39 is 0 Å². The van der Waals surface area contributed by atoms with Crippen molar-refractivity contribution in [3.8, 4) is 28.1 Å². The Bertz CT molecular complexity index is 1450. The molecule has 5 aromatic rings. The summed E-state index contributed by atoms with van der Waals surface area (Å²) in [6.07, 6.45) is 9.78. The standard InChI is InChI=1S/C29H32N6O/c1-4-13-34(14-5-2)15-16-36-23-10-12-27(30-18-23)22-17-31-29-26(19-32-35(29)20-22)24-7-6-8-28-25(24)11-9-21(3)33-28/h6-12,17-20H,4-5,13-16H2,1-3H3. The van der Waals surface area contributed by atoms with Gasteiger partial charge < -0.3 is 4.74 Å². The molecule has 0 fully saturated rings. The lowest BCUT2D eigenvalue weighted by Gasteiger charge is -2.20. The SMILES string of the molecule is CCCN(CCC)CCOc1ccc(-c2cnc3c(-c4cccc5nc(C)ccc45)cnn3c2)nc1. The van der Waals surface area contributed by atoms with E-state index in [1.54, 1.807) is 6.20 Å². The van der Waals surface area contributed by atoms with E-state index in [-0.39, 0.29) is 0 Å². The number of rotatable bonds is 10. The Kier molecular flexibility index (Phi) is 7.18. The van der Waals surface area contributed by atoms with Crippen LogP contribution < -0.4 is 4.74 Å². The van der Waals surface area contributed by atoms with E-state index in [0.717, 1.165) is 82.9 Å². The van der Waals surface area contributed by atoms with E-state index in [2.05, 4.69) is 45.9 Å². The van der Waals surface area contributed by atoms with Crippen molar-refractivity contribution >= 4 is 16.6 Å². The molecule has 7 nitrogen and oxygen atoms in total. The maximum atomic E-state index is 5.94. The Morgan fingerprint density at radius 2 is 1.72 bits per heavy atom. The van der Waals surface area contributed by atoms with Crippen LogP contribution in [0.4, 0.5) is 0 Å². The zero-order chi connectivity index (χ0) is 24.9. The molecular formula is C29H32N6O. The molecule has 0 bridgehead atoms. The fourth-order valence-corrected chi connectivity index (χ4v) is 4.59. The van der Waals surface area contributed by atoms with E-state index in [9.17, 15) is 0 Å². The van der Waals surface area contributed by atoms with E-state index in [1.165, 1.54) is 0 Å². The average Bonchev–Trinajstić information content (AvgIpc) is 3.32. The first kappa shape index (κ1) is 23.9. The fraction of sp³-hybridized carbons (Fsp3) is 0.310. The predicted molar refractivity (Wildman–Crippen MR) is 144 cm³/mol. The van der Waals surface area contributed by atoms with Crippen LogP contribution >= 0.6 is 0 Å². The van der Waals surface area contributed by atoms with Crippen molar-refractivity contribution in [2.45, 2.75) is 33.6 Å². The normalized spacial score (nSPS) is 11.6. The van der Waals surface area contributed by atoms with Crippen molar-refractivity contribution in [2.24, 2.45) is 0 Å². The topological polar surface area (TPSA) is 68.4 Å². The van der Waals surface area contributed by atoms with Gasteiger partial charge in [0.1, 0.15) is 12.4 Å². The highest BCUT2D eigenvalue weighted by molar-refractivity contribution is 5.98. The molecule has 0 saturated carbocycles. The molecule has 0 spiro atoms. The van der Waals surface area contributed by atoms with Gasteiger partial charge in [-0.1, -0.05) is 32.0 Å². The van der Waals surface area contributed by atoms with Crippen molar-refractivity contribution in [1.82, 2.24) is 29.5 Å². The number of fused-ring (bicyclic) bond motifs is 2. The minimum absolute atomic E-state index is 0.661. The van der Waals surface area contributed by atoms with Crippen LogP contribution in [0.5, 0.6) is 5.75 Å². The van der Waals surface area contributed by atoms with Crippen LogP contribution in [0.1, 0.15) is 32.4 Å². The smallest absolute Gasteiger partial charge is 0.162 e. The van der Waals surface area contributed by atoms with Crippen LogP contribution in [-0.4, -0.2) is 55.7 Å². The number of hydrogen-bond acceptors (Lipinski definition) is 6. The van der Waals surface area contributed by atoms with Crippen LogP contribution in [-0.2, 0) is 0 Å². The largest absolute Gasteiger partial charge is 0.491 e. The summed E-state index contributed by atoms with van der Waals surface area (Å²) in [7, 11) is 0. The molecule has 0 radical (unpaired) electrons. The lowest BCUT2D eigenvalue weighted by atomic mass is 10.0. The van der Waals surface area contributed by atoms with Gasteiger partial charge in [-0.15, -0.1) is 0 Å². The number of hydrogen-bond donors (Lipinski definition) is 0. The molecule has 0 atom stereocenters. The molecule has 0 saturated heterocycles. The highest BCUT2D eigenvalue weighted by Gasteiger charge is 2.13. The molecule has 0 N–H and O–H groups in total. The maximum absolute atomic E-state index is 5.94. The zero-order valence-corrected chi connectivity index (χ0v) is 21.2. The van der Waals surface area contributed by atoms with Crippen LogP contribution in [0.3, 0.4) is 0 Å². The molecule has 7 heteroatoms. The summed E-state index contributed by atoms with van der Waals surface area (Å²) in [4.78, 5) is 16.5. The van der Waals surface area contributed by atoms with Gasteiger partial charge >= 0.3 is 0 Å². The molecule has 184 valence electrons. The summed E-state index contributed by atoms with van der Waals surface area (Å²) in [6.45, 7) is 10.2. The minimum atomic E-state index is 0.661. The van der Waals surface area contributed by atoms with Crippen molar-refractivity contribution < 1.29 is 4.74 Å². The summed E-state index contributed by atoms with van der Waals surface area (Å²) in [5.41, 5.74) is 6.56. The van der Waals surface area contributed by atoms with Crippen molar-refractivity contribution in [3.05, 3.63) is 72.9 Å². The summed E-state index contributed by atoms with van der Waals surface area (Å²) in [5, 5.41) is 5.68. The Hall–Kier alpha value is -3.84. The average molecular weight is 481 g/mol. The summed E-state index contributed by atoms with van der Waals surface area (Å²) in [5.74, 6) is 0.780. The van der Waals surface area contributed by atoms with Crippen molar-refractivity contribution in [1.29, 1.82) is 0 Å². The van der Waals surface area contributed by atoms with E-state index >= 15 is 0 Å². The van der Waals surface area contributed by atoms with E-state index in [1.807, 2.05) is 60.4 Å². The number of pyridine rings is 2. The van der Waals surface area contributed by atoms with Crippen LogP contribution in [0.15, 0.2) is 67.3 Å². The molecule has 1 aromatic carbocycles. The van der Waals surface area contributed by atoms with Crippen molar-refractivity contribution in [3.63, 3.8) is 0 Å². The van der Waals surface area contributed by atoms with Gasteiger partial charge in [-0.2, -0.15) is 5.10 Å². The minimum Gasteiger partial charge on any atom is -0.491 e. The van der Waals surface area contributed by atoms with Crippen molar-refractivity contribution in [2.75, 3.05) is 26.2 Å². The first-order valence-electron chi connectivity index (χ1n) is 12.7. The summed E-state index contributed by atoms with van der Waals surface area (Å²) < 4.78 is 7.76. The first-order valence-corrected chi connectivity index (χ1v) is 12.7. The summed E-state index contributed by atoms with van der Waals surface area (Å²) in [6, 6.07) is 14.2. The van der Waals surface area contributed by atoms with Gasteiger partial charge in [0, 0.05) is 41.1 Å². The Balaban J connectivity index is 1.33. The number of aromatic nitrogens is 5.